The van der Waals surface area contributed by atoms with E-state index in [9.17, 15) is 17.6 Å². The summed E-state index contributed by atoms with van der Waals surface area (Å²) in [7, 11) is 0. The maximum Gasteiger partial charge on any atom is 0.416 e. The van der Waals surface area contributed by atoms with Gasteiger partial charge in [0.2, 0.25) is 0 Å². The van der Waals surface area contributed by atoms with Crippen LogP contribution in [0.5, 0.6) is 0 Å². The summed E-state index contributed by atoms with van der Waals surface area (Å²) in [6, 6.07) is 2.11. The van der Waals surface area contributed by atoms with Gasteiger partial charge in [0, 0.05) is 5.56 Å². The molecule has 0 saturated heterocycles. The maximum atomic E-state index is 13.7. The van der Waals surface area contributed by atoms with Gasteiger partial charge in [0.1, 0.15) is 23.1 Å². The maximum absolute atomic E-state index is 13.7. The number of rotatable bonds is 3. The minimum Gasteiger partial charge on any atom is -0.337 e. The molecule has 112 valence electrons. The molecule has 1 N–H and O–H groups in total. The van der Waals surface area contributed by atoms with Gasteiger partial charge >= 0.3 is 6.18 Å². The Kier molecular flexibility index (Phi) is 4.32. The molecule has 8 heteroatoms. The molecule has 0 aliphatic rings. The molecule has 0 bridgehead atoms. The number of nitrogens with zero attached hydrogens (tertiary/aromatic N) is 2. The molecule has 0 aliphatic carbocycles. The van der Waals surface area contributed by atoms with E-state index in [1.807, 2.05) is 0 Å². The molecule has 1 aromatic carbocycles. The lowest BCUT2D eigenvalue weighted by Gasteiger charge is -2.13. The van der Waals surface area contributed by atoms with Gasteiger partial charge in [-0.2, -0.15) is 13.2 Å². The molecule has 2 aromatic rings. The highest BCUT2D eigenvalue weighted by Crippen LogP contribution is 2.33. The van der Waals surface area contributed by atoms with Gasteiger partial charge in [0.15, 0.2) is 0 Å². The van der Waals surface area contributed by atoms with Crippen LogP contribution in [-0.4, -0.2) is 9.97 Å². The van der Waals surface area contributed by atoms with Crippen LogP contribution in [-0.2, 0) is 12.6 Å². The van der Waals surface area contributed by atoms with Crippen LogP contribution in [0.4, 0.5) is 29.1 Å². The van der Waals surface area contributed by atoms with Crippen LogP contribution in [0.1, 0.15) is 18.1 Å². The van der Waals surface area contributed by atoms with Crippen LogP contribution in [0.3, 0.4) is 0 Å². The normalized spacial score (nSPS) is 11.5. The topological polar surface area (TPSA) is 37.8 Å². The Hall–Kier alpha value is -1.89. The van der Waals surface area contributed by atoms with Gasteiger partial charge in [-0.3, -0.25) is 0 Å². The van der Waals surface area contributed by atoms with Crippen LogP contribution < -0.4 is 5.32 Å². The van der Waals surface area contributed by atoms with Crippen molar-refractivity contribution in [3.63, 3.8) is 0 Å². The molecular formula is C13H10ClF4N3. The average Bonchev–Trinajstić information content (AvgIpc) is 2.40. The fourth-order valence-electron chi connectivity index (χ4n) is 1.74. The molecule has 0 radical (unpaired) electrons. The van der Waals surface area contributed by atoms with Crippen LogP contribution in [0.15, 0.2) is 24.5 Å². The average molecular weight is 320 g/mol. The first kappa shape index (κ1) is 15.5. The van der Waals surface area contributed by atoms with E-state index in [0.717, 1.165) is 12.4 Å². The summed E-state index contributed by atoms with van der Waals surface area (Å²) < 4.78 is 51.6. The Balaban J connectivity index is 2.42. The number of aromatic nitrogens is 2. The molecule has 3 nitrogen and oxygen atoms in total. The van der Waals surface area contributed by atoms with Crippen molar-refractivity contribution in [1.29, 1.82) is 0 Å². The van der Waals surface area contributed by atoms with Crippen LogP contribution in [0.2, 0.25) is 5.15 Å². The number of halogens is 5. The quantitative estimate of drug-likeness (QED) is 0.664. The predicted molar refractivity (Wildman–Crippen MR) is 71.1 cm³/mol. The summed E-state index contributed by atoms with van der Waals surface area (Å²) in [5, 5.41) is 2.70. The van der Waals surface area contributed by atoms with Crippen molar-refractivity contribution < 1.29 is 17.6 Å². The van der Waals surface area contributed by atoms with Gasteiger partial charge in [-0.1, -0.05) is 18.5 Å². The highest BCUT2D eigenvalue weighted by Gasteiger charge is 2.31. The summed E-state index contributed by atoms with van der Waals surface area (Å²) in [6.07, 6.45) is -2.96. The largest absolute Gasteiger partial charge is 0.416 e. The first-order chi connectivity index (χ1) is 9.82. The third kappa shape index (κ3) is 3.41. The van der Waals surface area contributed by atoms with Gasteiger partial charge in [0.25, 0.3) is 0 Å². The molecule has 1 aromatic heterocycles. The molecule has 0 amide bonds. The lowest BCUT2D eigenvalue weighted by atomic mass is 10.1. The van der Waals surface area contributed by atoms with E-state index in [2.05, 4.69) is 15.3 Å². The minimum atomic E-state index is -4.55. The van der Waals surface area contributed by atoms with Crippen molar-refractivity contribution in [3.05, 3.63) is 46.6 Å². The summed E-state index contributed by atoms with van der Waals surface area (Å²) >= 11 is 5.87. The number of nitrogens with one attached hydrogen (secondary N) is 1. The van der Waals surface area contributed by atoms with Crippen molar-refractivity contribution in [3.8, 4) is 0 Å². The molecule has 0 atom stereocenters. The summed E-state index contributed by atoms with van der Waals surface area (Å²) in [5.41, 5.74) is -0.783. The smallest absolute Gasteiger partial charge is 0.337 e. The van der Waals surface area contributed by atoms with E-state index in [1.54, 1.807) is 6.92 Å². The first-order valence-corrected chi connectivity index (χ1v) is 6.34. The molecule has 0 fully saturated rings. The third-order valence-corrected chi connectivity index (χ3v) is 3.12. The molecule has 1 heterocycles. The van der Waals surface area contributed by atoms with Gasteiger partial charge in [-0.05, 0) is 24.6 Å². The SMILES string of the molecule is CCc1c(Cl)ncnc1Nc1cc(C(F)(F)F)ccc1F. The number of alkyl halides is 3. The summed E-state index contributed by atoms with van der Waals surface area (Å²) in [4.78, 5) is 7.66. The molecule has 21 heavy (non-hydrogen) atoms. The Bertz CT molecular complexity index is 658. The highest BCUT2D eigenvalue weighted by molar-refractivity contribution is 6.30. The van der Waals surface area contributed by atoms with Crippen molar-refractivity contribution >= 4 is 23.1 Å². The summed E-state index contributed by atoms with van der Waals surface area (Å²) in [5.74, 6) is -0.643. The Morgan fingerprint density at radius 2 is 1.95 bits per heavy atom. The molecule has 0 aliphatic heterocycles. The fraction of sp³-hybridized carbons (Fsp3) is 0.231. The second kappa shape index (κ2) is 5.85. The van der Waals surface area contributed by atoms with E-state index in [4.69, 9.17) is 11.6 Å². The predicted octanol–water partition coefficient (Wildman–Crippen LogP) is 4.59. The lowest BCUT2D eigenvalue weighted by Crippen LogP contribution is -2.07. The number of hydrogen-bond acceptors (Lipinski definition) is 3. The standard InChI is InChI=1S/C13H10ClF4N3/c1-2-8-11(14)19-6-20-12(8)21-10-5-7(13(16,17)18)3-4-9(10)15/h3-6H,2H2,1H3,(H,19,20,21). The fourth-order valence-corrected chi connectivity index (χ4v) is 2.00. The number of anilines is 2. The molecule has 0 spiro atoms. The van der Waals surface area contributed by atoms with Crippen molar-refractivity contribution in [2.75, 3.05) is 5.32 Å². The summed E-state index contributed by atoms with van der Waals surface area (Å²) in [6.45, 7) is 1.78. The van der Waals surface area contributed by atoms with Crippen molar-refractivity contribution in [1.82, 2.24) is 9.97 Å². The monoisotopic (exact) mass is 319 g/mol. The zero-order chi connectivity index (χ0) is 15.6. The minimum absolute atomic E-state index is 0.169. The molecular weight excluding hydrogens is 310 g/mol. The van der Waals surface area contributed by atoms with Gasteiger partial charge < -0.3 is 5.32 Å². The van der Waals surface area contributed by atoms with Crippen molar-refractivity contribution in [2.24, 2.45) is 0 Å². The Labute approximate surface area is 123 Å². The number of hydrogen-bond donors (Lipinski definition) is 1. The third-order valence-electron chi connectivity index (χ3n) is 2.79. The second-order valence-electron chi connectivity index (χ2n) is 4.16. The van der Waals surface area contributed by atoms with Gasteiger partial charge in [-0.25, -0.2) is 14.4 Å². The Morgan fingerprint density at radius 1 is 1.24 bits per heavy atom. The lowest BCUT2D eigenvalue weighted by molar-refractivity contribution is -0.137. The van der Waals surface area contributed by atoms with E-state index in [-0.39, 0.29) is 16.7 Å². The molecule has 2 rings (SSSR count). The highest BCUT2D eigenvalue weighted by atomic mass is 35.5. The van der Waals surface area contributed by atoms with E-state index < -0.39 is 17.6 Å². The Morgan fingerprint density at radius 3 is 2.57 bits per heavy atom. The zero-order valence-electron chi connectivity index (χ0n) is 10.8. The number of benzene rings is 1. The molecule has 0 unspecified atom stereocenters. The van der Waals surface area contributed by atoms with Crippen LogP contribution >= 0.6 is 11.6 Å². The van der Waals surface area contributed by atoms with Crippen molar-refractivity contribution in [2.45, 2.75) is 19.5 Å². The van der Waals surface area contributed by atoms with E-state index in [1.165, 1.54) is 0 Å². The second-order valence-corrected chi connectivity index (χ2v) is 4.52. The molecule has 0 saturated carbocycles. The zero-order valence-corrected chi connectivity index (χ0v) is 11.6. The van der Waals surface area contributed by atoms with Crippen LogP contribution in [0, 0.1) is 5.82 Å². The van der Waals surface area contributed by atoms with Gasteiger partial charge in [0.05, 0.1) is 11.3 Å². The van der Waals surface area contributed by atoms with Crippen LogP contribution in [0.25, 0.3) is 0 Å². The first-order valence-electron chi connectivity index (χ1n) is 5.96. The van der Waals surface area contributed by atoms with E-state index in [0.29, 0.717) is 24.1 Å². The van der Waals surface area contributed by atoms with E-state index >= 15 is 0 Å². The van der Waals surface area contributed by atoms with Gasteiger partial charge in [-0.15, -0.1) is 0 Å².